The number of unbranched alkanes of at least 4 members (excludes halogenated alkanes) is 1. The van der Waals surface area contributed by atoms with E-state index in [0.717, 1.165) is 25.5 Å². The summed E-state index contributed by atoms with van der Waals surface area (Å²) in [6, 6.07) is 0. The molecule has 0 rings (SSSR count). The van der Waals surface area contributed by atoms with Gasteiger partial charge in [-0.15, -0.1) is 0 Å². The average Bonchev–Trinajstić information content (AvgIpc) is 2.33. The topological polar surface area (TPSA) is 54.4 Å². The van der Waals surface area contributed by atoms with Crippen molar-refractivity contribution in [3.05, 3.63) is 11.6 Å². The van der Waals surface area contributed by atoms with E-state index in [1.54, 1.807) is 6.92 Å². The molecule has 0 saturated carbocycles. The molecule has 2 unspecified atom stereocenters. The summed E-state index contributed by atoms with van der Waals surface area (Å²) in [5, 5.41) is 9.72. The summed E-state index contributed by atoms with van der Waals surface area (Å²) >= 11 is 0. The fraction of sp³-hybridized carbons (Fsp3) is 0.714. The molecule has 0 aliphatic heterocycles. The maximum Gasteiger partial charge on any atom is 0.146 e. The summed E-state index contributed by atoms with van der Waals surface area (Å²) in [6.45, 7) is 5.72. The van der Waals surface area contributed by atoms with Crippen LogP contribution in [0.1, 0.15) is 52.9 Å². The maximum absolute atomic E-state index is 11.8. The second-order valence-corrected chi connectivity index (χ2v) is 4.47. The highest BCUT2D eigenvalue weighted by Gasteiger charge is 2.21. The van der Waals surface area contributed by atoms with Crippen LogP contribution in [0.15, 0.2) is 11.6 Å². The predicted octanol–water partition coefficient (Wildman–Crippen LogP) is 2.67. The summed E-state index contributed by atoms with van der Waals surface area (Å²) < 4.78 is 0. The third-order valence-electron chi connectivity index (χ3n) is 2.89. The van der Waals surface area contributed by atoms with Gasteiger partial charge in [0.2, 0.25) is 0 Å². The van der Waals surface area contributed by atoms with Gasteiger partial charge in [-0.1, -0.05) is 39.7 Å². The number of carbonyl (C=O) groups is 2. The molecule has 0 spiro atoms. The first-order valence-corrected chi connectivity index (χ1v) is 6.41. The summed E-state index contributed by atoms with van der Waals surface area (Å²) in [5.41, 5.74) is 0.535. The molecule has 0 heterocycles. The Bertz CT molecular complexity index is 269. The van der Waals surface area contributed by atoms with Crippen molar-refractivity contribution in [3.8, 4) is 0 Å². The number of allylic oxidation sites excluding steroid dienone is 2. The van der Waals surface area contributed by atoms with Crippen LogP contribution in [0.3, 0.4) is 0 Å². The van der Waals surface area contributed by atoms with Crippen LogP contribution >= 0.6 is 0 Å². The van der Waals surface area contributed by atoms with Crippen LogP contribution in [0, 0.1) is 5.92 Å². The van der Waals surface area contributed by atoms with Gasteiger partial charge in [0.05, 0.1) is 6.10 Å². The van der Waals surface area contributed by atoms with E-state index < -0.39 is 6.10 Å². The Morgan fingerprint density at radius 3 is 2.41 bits per heavy atom. The molecule has 0 bridgehead atoms. The summed E-state index contributed by atoms with van der Waals surface area (Å²) in [6.07, 6.45) is 5.35. The fourth-order valence-corrected chi connectivity index (χ4v) is 1.61. The zero-order valence-electron chi connectivity index (χ0n) is 11.1. The van der Waals surface area contributed by atoms with Gasteiger partial charge in [-0.2, -0.15) is 0 Å². The average molecular weight is 240 g/mol. The number of hydrogen-bond acceptors (Lipinski definition) is 3. The Balaban J connectivity index is 4.35. The van der Waals surface area contributed by atoms with Gasteiger partial charge >= 0.3 is 0 Å². The molecule has 17 heavy (non-hydrogen) atoms. The minimum Gasteiger partial charge on any atom is -0.392 e. The third-order valence-corrected chi connectivity index (χ3v) is 2.89. The van der Waals surface area contributed by atoms with Crippen molar-refractivity contribution in [1.29, 1.82) is 0 Å². The summed E-state index contributed by atoms with van der Waals surface area (Å²) in [7, 11) is 0. The number of Topliss-reactive ketones (excluding diaryl/α,β-unsaturated/α-hetero) is 1. The van der Waals surface area contributed by atoms with E-state index in [1.807, 2.05) is 19.9 Å². The molecule has 0 aliphatic carbocycles. The van der Waals surface area contributed by atoms with Crippen molar-refractivity contribution in [2.24, 2.45) is 5.92 Å². The molecule has 0 fully saturated rings. The molecule has 2 atom stereocenters. The molecule has 0 radical (unpaired) electrons. The van der Waals surface area contributed by atoms with E-state index in [2.05, 4.69) is 0 Å². The van der Waals surface area contributed by atoms with E-state index >= 15 is 0 Å². The standard InChI is InChI=1S/C14H24O3/c1-4-6-8-12(10-15)9-14(17)11(3)13(16)7-5-2/h8,10-11,13,16H,4-7,9H2,1-3H3. The molecular formula is C14H24O3. The molecule has 3 nitrogen and oxygen atoms in total. The molecule has 0 aromatic carbocycles. The number of aliphatic hydroxyl groups excluding tert-OH is 1. The second-order valence-electron chi connectivity index (χ2n) is 4.47. The Labute approximate surface area is 104 Å². The highest BCUT2D eigenvalue weighted by Crippen LogP contribution is 2.15. The normalized spacial score (nSPS) is 15.4. The number of ketones is 1. The fourth-order valence-electron chi connectivity index (χ4n) is 1.61. The SMILES string of the molecule is CCCC=C(C=O)CC(=O)C(C)C(O)CCC. The number of carbonyl (C=O) groups excluding carboxylic acids is 2. The summed E-state index contributed by atoms with van der Waals surface area (Å²) in [5.74, 6) is -0.444. The van der Waals surface area contributed by atoms with Gasteiger partial charge in [0.15, 0.2) is 0 Å². The zero-order chi connectivity index (χ0) is 13.3. The Morgan fingerprint density at radius 1 is 1.29 bits per heavy atom. The first-order chi connectivity index (χ1) is 8.06. The van der Waals surface area contributed by atoms with Gasteiger partial charge in [-0.25, -0.2) is 0 Å². The van der Waals surface area contributed by atoms with Gasteiger partial charge in [-0.05, 0) is 18.4 Å². The Kier molecular flexibility index (Phi) is 8.60. The maximum atomic E-state index is 11.8. The number of aldehydes is 1. The highest BCUT2D eigenvalue weighted by molar-refractivity contribution is 5.90. The van der Waals surface area contributed by atoms with Crippen LogP contribution in [0.4, 0.5) is 0 Å². The lowest BCUT2D eigenvalue weighted by atomic mass is 9.92. The van der Waals surface area contributed by atoms with E-state index in [0.29, 0.717) is 12.0 Å². The van der Waals surface area contributed by atoms with E-state index in [-0.39, 0.29) is 18.1 Å². The van der Waals surface area contributed by atoms with Gasteiger partial charge in [0.25, 0.3) is 0 Å². The monoisotopic (exact) mass is 240 g/mol. The molecule has 0 aliphatic rings. The first kappa shape index (κ1) is 16.0. The van der Waals surface area contributed by atoms with E-state index in [4.69, 9.17) is 0 Å². The molecule has 98 valence electrons. The Hall–Kier alpha value is -0.960. The smallest absolute Gasteiger partial charge is 0.146 e. The number of aliphatic hydroxyl groups is 1. The molecular weight excluding hydrogens is 216 g/mol. The zero-order valence-corrected chi connectivity index (χ0v) is 11.1. The van der Waals surface area contributed by atoms with Gasteiger partial charge < -0.3 is 5.11 Å². The van der Waals surface area contributed by atoms with Crippen LogP contribution < -0.4 is 0 Å². The summed E-state index contributed by atoms with van der Waals surface area (Å²) in [4.78, 5) is 22.6. The van der Waals surface area contributed by atoms with Gasteiger partial charge in [0, 0.05) is 12.3 Å². The Morgan fingerprint density at radius 2 is 1.94 bits per heavy atom. The van der Waals surface area contributed by atoms with E-state index in [9.17, 15) is 14.7 Å². The number of hydrogen-bond donors (Lipinski definition) is 1. The first-order valence-electron chi connectivity index (χ1n) is 6.41. The van der Waals surface area contributed by atoms with Crippen molar-refractivity contribution in [2.75, 3.05) is 0 Å². The predicted molar refractivity (Wildman–Crippen MR) is 68.8 cm³/mol. The molecule has 0 amide bonds. The molecule has 3 heteroatoms. The van der Waals surface area contributed by atoms with Gasteiger partial charge in [0.1, 0.15) is 12.1 Å². The van der Waals surface area contributed by atoms with Crippen molar-refractivity contribution in [2.45, 2.75) is 59.0 Å². The lowest BCUT2D eigenvalue weighted by Gasteiger charge is -2.16. The van der Waals surface area contributed by atoms with Crippen LogP contribution in [0.25, 0.3) is 0 Å². The third kappa shape index (κ3) is 6.37. The minimum absolute atomic E-state index is 0.0552. The molecule has 1 N–H and O–H groups in total. The van der Waals surface area contributed by atoms with Crippen LogP contribution in [0.5, 0.6) is 0 Å². The van der Waals surface area contributed by atoms with Crippen molar-refractivity contribution < 1.29 is 14.7 Å². The second kappa shape index (κ2) is 9.11. The van der Waals surface area contributed by atoms with Crippen LogP contribution in [0.2, 0.25) is 0 Å². The lowest BCUT2D eigenvalue weighted by molar-refractivity contribution is -0.125. The van der Waals surface area contributed by atoms with Crippen LogP contribution in [-0.4, -0.2) is 23.3 Å². The lowest BCUT2D eigenvalue weighted by Crippen LogP contribution is -2.25. The number of rotatable bonds is 9. The quantitative estimate of drug-likeness (QED) is 0.498. The van der Waals surface area contributed by atoms with Crippen molar-refractivity contribution in [3.63, 3.8) is 0 Å². The van der Waals surface area contributed by atoms with Crippen molar-refractivity contribution in [1.82, 2.24) is 0 Å². The van der Waals surface area contributed by atoms with Gasteiger partial charge in [-0.3, -0.25) is 9.59 Å². The molecule has 0 aromatic heterocycles. The minimum atomic E-state index is -0.591. The highest BCUT2D eigenvalue weighted by atomic mass is 16.3. The molecule has 0 aromatic rings. The van der Waals surface area contributed by atoms with Crippen molar-refractivity contribution >= 4 is 12.1 Å². The molecule has 0 saturated heterocycles. The van der Waals surface area contributed by atoms with E-state index in [1.165, 1.54) is 0 Å². The van der Waals surface area contributed by atoms with Crippen LogP contribution in [-0.2, 0) is 9.59 Å². The largest absolute Gasteiger partial charge is 0.392 e.